The van der Waals surface area contributed by atoms with Crippen molar-refractivity contribution in [2.24, 2.45) is 5.92 Å². The van der Waals surface area contributed by atoms with E-state index in [9.17, 15) is 4.79 Å². The Bertz CT molecular complexity index is 1100. The van der Waals surface area contributed by atoms with Crippen LogP contribution in [0.4, 0.5) is 0 Å². The summed E-state index contributed by atoms with van der Waals surface area (Å²) in [4.78, 5) is 13.2. The second kappa shape index (κ2) is 9.92. The summed E-state index contributed by atoms with van der Waals surface area (Å²) in [7, 11) is 0. The van der Waals surface area contributed by atoms with Crippen LogP contribution in [0.5, 0.6) is 0 Å². The van der Waals surface area contributed by atoms with Crippen LogP contribution >= 0.6 is 0 Å². The zero-order valence-electron chi connectivity index (χ0n) is 18.6. The van der Waals surface area contributed by atoms with Gasteiger partial charge in [0.15, 0.2) is 0 Å². The van der Waals surface area contributed by atoms with E-state index in [0.29, 0.717) is 24.9 Å². The molecule has 6 nitrogen and oxygen atoms in total. The minimum atomic E-state index is -0.707. The van der Waals surface area contributed by atoms with Gasteiger partial charge < -0.3 is 9.52 Å². The van der Waals surface area contributed by atoms with E-state index in [-0.39, 0.29) is 5.92 Å². The maximum atomic E-state index is 11.0. The average Bonchev–Trinajstić information content (AvgIpc) is 3.24. The van der Waals surface area contributed by atoms with Crippen molar-refractivity contribution < 1.29 is 14.3 Å². The van der Waals surface area contributed by atoms with Gasteiger partial charge in [-0.05, 0) is 41.2 Å². The molecule has 0 radical (unpaired) electrons. The van der Waals surface area contributed by atoms with Gasteiger partial charge in [0.1, 0.15) is 0 Å². The van der Waals surface area contributed by atoms with Gasteiger partial charge in [0.05, 0.1) is 5.92 Å². The van der Waals surface area contributed by atoms with Crippen molar-refractivity contribution in [2.75, 3.05) is 13.1 Å². The molecule has 32 heavy (non-hydrogen) atoms. The predicted octanol–water partition coefficient (Wildman–Crippen LogP) is 5.16. The number of benzene rings is 2. The highest BCUT2D eigenvalue weighted by Crippen LogP contribution is 2.28. The summed E-state index contributed by atoms with van der Waals surface area (Å²) in [6, 6.07) is 16.6. The van der Waals surface area contributed by atoms with Gasteiger partial charge in [0, 0.05) is 31.3 Å². The number of hydrogen-bond acceptors (Lipinski definition) is 5. The number of carbonyl (C=O) groups is 1. The molecule has 1 aliphatic rings. The van der Waals surface area contributed by atoms with Crippen LogP contribution in [0.1, 0.15) is 49.3 Å². The van der Waals surface area contributed by atoms with Crippen LogP contribution in [-0.4, -0.2) is 39.3 Å². The van der Waals surface area contributed by atoms with Crippen LogP contribution < -0.4 is 0 Å². The maximum Gasteiger partial charge on any atom is 0.309 e. The number of nitrogens with zero attached hydrogens (tertiary/aromatic N) is 3. The molecule has 3 aromatic rings. The number of allylic oxidation sites excluding steroid dienone is 1. The first kappa shape index (κ1) is 22.0. The SMILES string of the molecule is CCC/C(=C/c1nnc(-c2ccc(CN3CC(C(=O)O)C3)cc2CC)o1)c1ccccc1. The quantitative estimate of drug-likeness (QED) is 0.504. The van der Waals surface area contributed by atoms with Crippen molar-refractivity contribution >= 4 is 17.6 Å². The second-order valence-corrected chi connectivity index (χ2v) is 8.31. The van der Waals surface area contributed by atoms with Gasteiger partial charge in [-0.2, -0.15) is 0 Å². The molecule has 0 spiro atoms. The number of aryl methyl sites for hydroxylation is 1. The van der Waals surface area contributed by atoms with Crippen molar-refractivity contribution in [3.8, 4) is 11.5 Å². The van der Waals surface area contributed by atoms with Crippen molar-refractivity contribution in [1.29, 1.82) is 0 Å². The van der Waals surface area contributed by atoms with Gasteiger partial charge in [-0.1, -0.05) is 62.7 Å². The predicted molar refractivity (Wildman–Crippen MR) is 125 cm³/mol. The van der Waals surface area contributed by atoms with Crippen LogP contribution in [0.15, 0.2) is 52.9 Å². The first-order valence-corrected chi connectivity index (χ1v) is 11.2. The number of rotatable bonds is 9. The molecule has 1 aromatic heterocycles. The number of hydrogen-bond donors (Lipinski definition) is 1. The number of aromatic nitrogens is 2. The molecule has 0 atom stereocenters. The van der Waals surface area contributed by atoms with E-state index in [4.69, 9.17) is 9.52 Å². The fourth-order valence-corrected chi connectivity index (χ4v) is 4.13. The Labute approximate surface area is 188 Å². The van der Waals surface area contributed by atoms with E-state index in [2.05, 4.69) is 53.2 Å². The normalized spacial score (nSPS) is 15.0. The third-order valence-electron chi connectivity index (χ3n) is 5.90. The fraction of sp³-hybridized carbons (Fsp3) is 0.346. The standard InChI is InChI=1S/C26H29N3O3/c1-3-8-21(20-9-6-5-7-10-20)14-24-27-28-25(32-24)23-12-11-18(13-19(23)4-2)15-29-16-22(17-29)26(30)31/h5-7,9-14,22H,3-4,8,15-17H2,1-2H3,(H,30,31)/b21-14-. The van der Waals surface area contributed by atoms with Crippen molar-refractivity contribution in [3.05, 3.63) is 71.1 Å². The lowest BCUT2D eigenvalue weighted by Gasteiger charge is -2.36. The Morgan fingerprint density at radius 1 is 1.16 bits per heavy atom. The van der Waals surface area contributed by atoms with E-state index >= 15 is 0 Å². The summed E-state index contributed by atoms with van der Waals surface area (Å²) < 4.78 is 6.03. The second-order valence-electron chi connectivity index (χ2n) is 8.31. The molecule has 1 aliphatic heterocycles. The summed E-state index contributed by atoms with van der Waals surface area (Å²) in [5.74, 6) is 0.0944. The molecule has 2 aromatic carbocycles. The highest BCUT2D eigenvalue weighted by atomic mass is 16.4. The van der Waals surface area contributed by atoms with Gasteiger partial charge in [-0.15, -0.1) is 10.2 Å². The molecule has 0 bridgehead atoms. The average molecular weight is 432 g/mol. The minimum absolute atomic E-state index is 0.238. The number of likely N-dealkylation sites (tertiary alicyclic amines) is 1. The minimum Gasteiger partial charge on any atom is -0.481 e. The molecule has 2 heterocycles. The van der Waals surface area contributed by atoms with E-state index in [1.807, 2.05) is 30.3 Å². The molecule has 1 saturated heterocycles. The smallest absolute Gasteiger partial charge is 0.309 e. The van der Waals surface area contributed by atoms with Crippen molar-refractivity contribution in [2.45, 2.75) is 39.7 Å². The summed E-state index contributed by atoms with van der Waals surface area (Å²) >= 11 is 0. The Balaban J connectivity index is 1.52. The third kappa shape index (κ3) is 4.97. The lowest BCUT2D eigenvalue weighted by Crippen LogP contribution is -2.49. The Kier molecular flexibility index (Phi) is 6.81. The summed E-state index contributed by atoms with van der Waals surface area (Å²) in [6.45, 7) is 6.25. The summed E-state index contributed by atoms with van der Waals surface area (Å²) in [6.07, 6.45) is 4.81. The van der Waals surface area contributed by atoms with Gasteiger partial charge in [0.2, 0.25) is 11.8 Å². The molecule has 1 N–H and O–H groups in total. The highest BCUT2D eigenvalue weighted by Gasteiger charge is 2.32. The highest BCUT2D eigenvalue weighted by molar-refractivity contribution is 5.79. The van der Waals surface area contributed by atoms with Gasteiger partial charge in [-0.3, -0.25) is 9.69 Å². The topological polar surface area (TPSA) is 79.5 Å². The van der Waals surface area contributed by atoms with Gasteiger partial charge in [0.25, 0.3) is 0 Å². The Morgan fingerprint density at radius 3 is 2.62 bits per heavy atom. The molecule has 0 aliphatic carbocycles. The summed E-state index contributed by atoms with van der Waals surface area (Å²) in [5.41, 5.74) is 5.62. The van der Waals surface area contributed by atoms with Crippen LogP contribution in [0, 0.1) is 5.92 Å². The zero-order chi connectivity index (χ0) is 22.5. The molecule has 4 rings (SSSR count). The molecule has 1 fully saturated rings. The third-order valence-corrected chi connectivity index (χ3v) is 5.90. The molecule has 166 valence electrons. The van der Waals surface area contributed by atoms with Crippen molar-refractivity contribution in [3.63, 3.8) is 0 Å². The van der Waals surface area contributed by atoms with Crippen LogP contribution in [0.3, 0.4) is 0 Å². The van der Waals surface area contributed by atoms with Gasteiger partial charge in [-0.25, -0.2) is 0 Å². The van der Waals surface area contributed by atoms with E-state index < -0.39 is 5.97 Å². The lowest BCUT2D eigenvalue weighted by molar-refractivity contribution is -0.147. The molecular formula is C26H29N3O3. The Morgan fingerprint density at radius 2 is 1.94 bits per heavy atom. The molecule has 6 heteroatoms. The molecule has 0 saturated carbocycles. The summed E-state index contributed by atoms with van der Waals surface area (Å²) in [5, 5.41) is 17.6. The largest absolute Gasteiger partial charge is 0.481 e. The van der Waals surface area contributed by atoms with Crippen LogP contribution in [0.25, 0.3) is 23.1 Å². The fourth-order valence-electron chi connectivity index (χ4n) is 4.13. The zero-order valence-corrected chi connectivity index (χ0v) is 18.6. The van der Waals surface area contributed by atoms with E-state index in [0.717, 1.165) is 36.9 Å². The first-order chi connectivity index (χ1) is 15.6. The number of carboxylic acid groups (broad SMARTS) is 1. The van der Waals surface area contributed by atoms with Crippen LogP contribution in [-0.2, 0) is 17.8 Å². The van der Waals surface area contributed by atoms with E-state index in [1.165, 1.54) is 16.7 Å². The number of aliphatic carboxylic acids is 1. The lowest BCUT2D eigenvalue weighted by atomic mass is 9.97. The Hall–Kier alpha value is -3.25. The molecule has 0 amide bonds. The first-order valence-electron chi connectivity index (χ1n) is 11.2. The molecular weight excluding hydrogens is 402 g/mol. The van der Waals surface area contributed by atoms with Crippen molar-refractivity contribution in [1.82, 2.24) is 15.1 Å². The number of carboxylic acids is 1. The monoisotopic (exact) mass is 431 g/mol. The van der Waals surface area contributed by atoms with Gasteiger partial charge >= 0.3 is 5.97 Å². The van der Waals surface area contributed by atoms with E-state index in [1.54, 1.807) is 0 Å². The molecule has 0 unspecified atom stereocenters. The van der Waals surface area contributed by atoms with Crippen LogP contribution in [0.2, 0.25) is 0 Å². The maximum absolute atomic E-state index is 11.0.